The molecule has 0 saturated heterocycles. The number of hydrogen-bond donors (Lipinski definition) is 1. The van der Waals surface area contributed by atoms with Crippen LogP contribution in [-0.2, 0) is 4.79 Å². The number of rotatable bonds is 15. The van der Waals surface area contributed by atoms with Gasteiger partial charge in [-0.15, -0.1) is 0 Å². The largest absolute Gasteiger partial charge is 0.481 e. The van der Waals surface area contributed by atoms with Gasteiger partial charge in [-0.25, -0.2) is 0 Å². The third-order valence-corrected chi connectivity index (χ3v) is 3.65. The van der Waals surface area contributed by atoms with Crippen LogP contribution in [0, 0.1) is 0 Å². The van der Waals surface area contributed by atoms with E-state index >= 15 is 0 Å². The monoisotopic (exact) mass is 370 g/mol. The number of aliphatic carboxylic acids is 1. The molecule has 0 spiro atoms. The first-order valence-electron chi connectivity index (χ1n) is 8.64. The van der Waals surface area contributed by atoms with Crippen LogP contribution < -0.4 is 0 Å². The van der Waals surface area contributed by atoms with Gasteiger partial charge in [0.1, 0.15) is 0 Å². The molecule has 0 aromatic heterocycles. The van der Waals surface area contributed by atoms with Crippen molar-refractivity contribution in [2.75, 3.05) is 0 Å². The minimum atomic E-state index is -0.664. The summed E-state index contributed by atoms with van der Waals surface area (Å²) in [5.41, 5.74) is 0. The van der Waals surface area contributed by atoms with Gasteiger partial charge in [0.25, 0.3) is 0 Å². The van der Waals surface area contributed by atoms with Crippen LogP contribution in [0.1, 0.15) is 96.8 Å². The van der Waals surface area contributed by atoms with Crippen molar-refractivity contribution in [3.05, 3.63) is 12.2 Å². The van der Waals surface area contributed by atoms with Crippen molar-refractivity contribution >= 4 is 51.5 Å². The molecule has 0 atom stereocenters. The SMILES string of the molecule is CCCCCCCC/C=C\CCCCCCCC(=O)O.[Sr]. The zero-order valence-corrected chi connectivity index (χ0v) is 17.6. The Balaban J connectivity index is 0. The Bertz CT molecular complexity index is 239. The van der Waals surface area contributed by atoms with Gasteiger partial charge >= 0.3 is 5.97 Å². The van der Waals surface area contributed by atoms with E-state index in [2.05, 4.69) is 19.1 Å². The fourth-order valence-electron chi connectivity index (χ4n) is 2.35. The molecule has 0 fully saturated rings. The van der Waals surface area contributed by atoms with Gasteiger partial charge in [0.15, 0.2) is 0 Å². The maximum absolute atomic E-state index is 10.3. The van der Waals surface area contributed by atoms with Gasteiger partial charge in [0.2, 0.25) is 0 Å². The molecule has 120 valence electrons. The minimum absolute atomic E-state index is 0. The Kier molecular flexibility index (Phi) is 23.6. The Hall–Kier alpha value is 0.691. The van der Waals surface area contributed by atoms with Crippen molar-refractivity contribution in [2.45, 2.75) is 96.8 Å². The van der Waals surface area contributed by atoms with E-state index in [4.69, 9.17) is 5.11 Å². The Morgan fingerprint density at radius 3 is 1.67 bits per heavy atom. The summed E-state index contributed by atoms with van der Waals surface area (Å²) < 4.78 is 0. The van der Waals surface area contributed by atoms with Gasteiger partial charge in [-0.1, -0.05) is 70.4 Å². The topological polar surface area (TPSA) is 37.3 Å². The van der Waals surface area contributed by atoms with Crippen molar-refractivity contribution in [3.8, 4) is 0 Å². The van der Waals surface area contributed by atoms with E-state index in [-0.39, 0.29) is 45.5 Å². The van der Waals surface area contributed by atoms with Crippen molar-refractivity contribution in [2.24, 2.45) is 0 Å². The van der Waals surface area contributed by atoms with Crippen LogP contribution in [0.25, 0.3) is 0 Å². The summed E-state index contributed by atoms with van der Waals surface area (Å²) in [6.45, 7) is 2.26. The predicted molar refractivity (Wildman–Crippen MR) is 92.8 cm³/mol. The zero-order valence-electron chi connectivity index (χ0n) is 14.1. The first-order valence-corrected chi connectivity index (χ1v) is 8.64. The molecular weight excluding hydrogens is 336 g/mol. The molecule has 0 unspecified atom stereocenters. The summed E-state index contributed by atoms with van der Waals surface area (Å²) in [4.78, 5) is 10.3. The number of carbonyl (C=O) groups is 1. The summed E-state index contributed by atoms with van der Waals surface area (Å²) in [7, 11) is 0. The minimum Gasteiger partial charge on any atom is -0.481 e. The first kappa shape index (κ1) is 23.9. The van der Waals surface area contributed by atoms with Crippen LogP contribution in [0.2, 0.25) is 0 Å². The van der Waals surface area contributed by atoms with Crippen molar-refractivity contribution < 1.29 is 9.90 Å². The summed E-state index contributed by atoms with van der Waals surface area (Å²) >= 11 is 0. The van der Waals surface area contributed by atoms with Crippen LogP contribution in [-0.4, -0.2) is 56.6 Å². The average Bonchev–Trinajstić information content (AvgIpc) is 2.43. The van der Waals surface area contributed by atoms with Crippen molar-refractivity contribution in [1.29, 1.82) is 0 Å². The Labute approximate surface area is 169 Å². The number of carboxylic acid groups (broad SMARTS) is 1. The molecule has 3 heteroatoms. The maximum Gasteiger partial charge on any atom is 0.303 e. The molecule has 0 heterocycles. The molecule has 2 radical (unpaired) electrons. The number of allylic oxidation sites excluding steroid dienone is 2. The van der Waals surface area contributed by atoms with Gasteiger partial charge in [0, 0.05) is 51.9 Å². The van der Waals surface area contributed by atoms with Crippen LogP contribution in [0.5, 0.6) is 0 Å². The number of unbranched alkanes of at least 4 members (excludes halogenated alkanes) is 11. The second kappa shape index (κ2) is 20.7. The molecule has 0 aliphatic heterocycles. The summed E-state index contributed by atoms with van der Waals surface area (Å²) in [5.74, 6) is -0.664. The van der Waals surface area contributed by atoms with Gasteiger partial charge in [-0.3, -0.25) is 4.79 Å². The van der Waals surface area contributed by atoms with Gasteiger partial charge in [0.05, 0.1) is 0 Å². The zero-order chi connectivity index (χ0) is 14.9. The smallest absolute Gasteiger partial charge is 0.303 e. The number of carboxylic acids is 1. The Morgan fingerprint density at radius 2 is 1.19 bits per heavy atom. The standard InChI is InChI=1S/C18H34O2.Sr/c1-2-3-4-5-6-7-8-9-10-11-12-13-14-15-16-17-18(19)20;/h9-10H,2-8,11-17H2,1H3,(H,19,20);/b10-9-;. The molecule has 0 amide bonds. The van der Waals surface area contributed by atoms with Gasteiger partial charge in [-0.05, 0) is 32.1 Å². The van der Waals surface area contributed by atoms with Crippen LogP contribution in [0.15, 0.2) is 12.2 Å². The average molecular weight is 370 g/mol. The van der Waals surface area contributed by atoms with E-state index in [9.17, 15) is 4.79 Å². The van der Waals surface area contributed by atoms with E-state index < -0.39 is 5.97 Å². The van der Waals surface area contributed by atoms with Gasteiger partial charge in [-0.2, -0.15) is 0 Å². The fraction of sp³-hybridized carbons (Fsp3) is 0.833. The Morgan fingerprint density at radius 1 is 0.762 bits per heavy atom. The second-order valence-corrected chi connectivity index (χ2v) is 5.73. The molecular formula is C18H34O2Sr. The summed E-state index contributed by atoms with van der Waals surface area (Å²) in [6.07, 6.45) is 21.2. The molecule has 0 saturated carbocycles. The molecule has 0 aromatic carbocycles. The van der Waals surface area contributed by atoms with Crippen LogP contribution in [0.3, 0.4) is 0 Å². The molecule has 0 bridgehead atoms. The van der Waals surface area contributed by atoms with Crippen molar-refractivity contribution in [1.82, 2.24) is 0 Å². The summed E-state index contributed by atoms with van der Waals surface area (Å²) in [6, 6.07) is 0. The molecule has 0 aromatic rings. The van der Waals surface area contributed by atoms with Crippen LogP contribution >= 0.6 is 0 Å². The van der Waals surface area contributed by atoms with E-state index in [0.29, 0.717) is 6.42 Å². The predicted octanol–water partition coefficient (Wildman–Crippen LogP) is 5.73. The molecule has 1 N–H and O–H groups in total. The normalized spacial score (nSPS) is 10.7. The quantitative estimate of drug-likeness (QED) is 0.227. The molecule has 21 heavy (non-hydrogen) atoms. The second-order valence-electron chi connectivity index (χ2n) is 5.73. The van der Waals surface area contributed by atoms with Crippen molar-refractivity contribution in [3.63, 3.8) is 0 Å². The number of hydrogen-bond acceptors (Lipinski definition) is 1. The van der Waals surface area contributed by atoms with Crippen LogP contribution in [0.4, 0.5) is 0 Å². The third-order valence-electron chi connectivity index (χ3n) is 3.65. The summed E-state index contributed by atoms with van der Waals surface area (Å²) in [5, 5.41) is 8.51. The molecule has 2 nitrogen and oxygen atoms in total. The molecule has 0 aliphatic rings. The van der Waals surface area contributed by atoms with E-state index in [0.717, 1.165) is 12.8 Å². The van der Waals surface area contributed by atoms with E-state index in [1.54, 1.807) is 0 Å². The molecule has 0 rings (SSSR count). The van der Waals surface area contributed by atoms with Gasteiger partial charge < -0.3 is 5.11 Å². The van der Waals surface area contributed by atoms with E-state index in [1.165, 1.54) is 70.6 Å². The molecule has 0 aliphatic carbocycles. The van der Waals surface area contributed by atoms with E-state index in [1.807, 2.05) is 0 Å². The first-order chi connectivity index (χ1) is 9.77. The third kappa shape index (κ3) is 23.1. The fourth-order valence-corrected chi connectivity index (χ4v) is 2.35. The maximum atomic E-state index is 10.3.